The second-order valence-corrected chi connectivity index (χ2v) is 41.4. The van der Waals surface area contributed by atoms with Crippen molar-refractivity contribution in [1.82, 2.24) is 60.9 Å². The Morgan fingerprint density at radius 1 is 0.350 bits per heavy atom. The first-order chi connectivity index (χ1) is 60.6. The van der Waals surface area contributed by atoms with E-state index in [0.29, 0.717) is 134 Å². The van der Waals surface area contributed by atoms with Crippen molar-refractivity contribution < 1.29 is 217 Å². The van der Waals surface area contributed by atoms with Gasteiger partial charge in [-0.3, -0.25) is 92.9 Å². The summed E-state index contributed by atoms with van der Waals surface area (Å²) in [6, 6.07) is 9.24. The molecule has 2 aromatic carbocycles. The van der Waals surface area contributed by atoms with Gasteiger partial charge in [0.1, 0.15) is 67.2 Å². The van der Waals surface area contributed by atoms with E-state index in [9.17, 15) is 53.8 Å². The van der Waals surface area contributed by atoms with Gasteiger partial charge in [0.2, 0.25) is 0 Å². The Morgan fingerprint density at radius 2 is 0.540 bits per heavy atom. The third-order valence-corrected chi connectivity index (χ3v) is 17.7. The summed E-state index contributed by atoms with van der Waals surface area (Å²) < 4.78 is 50.3. The van der Waals surface area contributed by atoms with Crippen molar-refractivity contribution in [2.45, 2.75) is 256 Å². The first-order valence-electron chi connectivity index (χ1n) is 44.7. The van der Waals surface area contributed by atoms with E-state index in [1.807, 2.05) is 216 Å². The van der Waals surface area contributed by atoms with E-state index in [4.69, 9.17) is 62.6 Å². The normalized spacial score (nSPS) is 15.8. The van der Waals surface area contributed by atoms with Crippen molar-refractivity contribution >= 4 is 114 Å². The van der Waals surface area contributed by atoms with Crippen molar-refractivity contribution in [2.24, 2.45) is 0 Å². The topological polar surface area (TPSA) is 461 Å². The van der Waals surface area contributed by atoms with Crippen LogP contribution in [0.25, 0.3) is 0 Å². The molecule has 46 heteroatoms. The van der Waals surface area contributed by atoms with Crippen molar-refractivity contribution in [1.29, 1.82) is 0 Å². The fourth-order valence-corrected chi connectivity index (χ4v) is 12.3. The molecule has 0 amide bonds. The smallest absolute Gasteiger partial charge is 1.00 e. The monoisotopic (exact) mass is 2240 g/mol. The van der Waals surface area contributed by atoms with E-state index in [1.54, 1.807) is 18.2 Å². The number of aliphatic carboxylic acids is 1. The maximum Gasteiger partial charge on any atom is 1.00 e. The number of ether oxygens (including phenoxy) is 9. The minimum absolute atomic E-state index is 0. The summed E-state index contributed by atoms with van der Waals surface area (Å²) in [5.41, 5.74) is -3.32. The molecule has 39 nitrogen and oxygen atoms in total. The molecule has 0 aliphatic carbocycles. The number of hydrogen-bond acceptors (Lipinski definition) is 37. The Kier molecular flexibility index (Phi) is 80.4. The summed E-state index contributed by atoms with van der Waals surface area (Å²) in [4.78, 5) is 143. The third kappa shape index (κ3) is 89.8. The van der Waals surface area contributed by atoms with E-state index < -0.39 is 55.0 Å². The molecule has 137 heavy (non-hydrogen) atoms. The van der Waals surface area contributed by atoms with Gasteiger partial charge >= 0.3 is 130 Å². The zero-order chi connectivity index (χ0) is 102. The average molecular weight is 2240 g/mol. The quantitative estimate of drug-likeness (QED) is 0.0115. The first kappa shape index (κ1) is 146. The number of nitro groups is 2. The van der Waals surface area contributed by atoms with Crippen LogP contribution in [0.5, 0.6) is 11.5 Å². The summed E-state index contributed by atoms with van der Waals surface area (Å²) in [5, 5.41) is 57.3. The number of carboxylic acids is 1. The Morgan fingerprint density at radius 3 is 0.723 bits per heavy atom. The van der Waals surface area contributed by atoms with Crippen molar-refractivity contribution in [3.05, 3.63) is 67.8 Å². The molecule has 2 aromatic rings. The van der Waals surface area contributed by atoms with Crippen molar-refractivity contribution in [2.75, 3.05) is 202 Å². The van der Waals surface area contributed by atoms with Crippen LogP contribution in [0.1, 0.15) is 205 Å². The molecular formula is C91H163Br4N14Na3O25. The molecular weight excluding hydrogens is 2080 g/mol. The zero-order valence-corrected chi connectivity index (χ0v) is 101. The Bertz CT molecular complexity index is 3610. The van der Waals surface area contributed by atoms with Crippen LogP contribution in [-0.2, 0) is 93.1 Å². The minimum atomic E-state index is -1.08. The van der Waals surface area contributed by atoms with Gasteiger partial charge in [0.05, 0.1) is 49.1 Å². The number of nitro benzene ring substituents is 2. The average Bonchev–Trinajstić information content (AvgIpc) is 0.855. The number of carboxylic acid groups (broad SMARTS) is 1. The standard InChI is InChI=1S/C37H63N5O9.C26H50N4O6.C11H14BrNO3.C8H20N4.C6H11BrO2.C2H4O2.CH2O3.2BrH.3Na/c1-34(2,3)48-30-14-13-29(42(46)47)23-28(30)24-38-15-17-39(25-31(43)49-35(4,5)6)19-21-41(27-33(45)51-37(10,11)12)22-20-40(18-16-38)26-32(44)50-36(7,8)9;1-24(2,3)34-21(31)18-28-12-10-27-11-13-29(19-22(32)35-25(4,5)6)15-17-30(16-14-28)20-23(33)36-26(7,8)9;1-11(2,3)16-10-5-4-9(13(14)15)6-8(10)7-12;1-2-10-5-6-12-8-7-11-4-3-9-1;1-6(2,3)9-5(8)4-7;1-2(3)4;2-1-4-3;;;;;/h13-14,23H,15-22,24-27H2,1-12H3;27H,10-20H2,1-9H3;4-6H,7H2,1-3H3;9-12H,1-8H2;4H2,1-3H3;1H3,(H,3,4);1,3H;2*1H;;;/q;;;;;;;;;3*+1/p-3. The van der Waals surface area contributed by atoms with Crippen LogP contribution >= 0.6 is 48.8 Å². The first-order valence-corrected chi connectivity index (χ1v) is 46.9. The van der Waals surface area contributed by atoms with Crippen molar-refractivity contribution in [3.8, 4) is 11.5 Å². The molecule has 3 aliphatic heterocycles. The van der Waals surface area contributed by atoms with Crippen LogP contribution in [-0.4, -0.2) is 350 Å². The molecule has 3 fully saturated rings. The summed E-state index contributed by atoms with van der Waals surface area (Å²) in [6.45, 7) is 69.3. The summed E-state index contributed by atoms with van der Waals surface area (Å²) >= 11 is 6.29. The summed E-state index contributed by atoms with van der Waals surface area (Å²) in [5.74, 6) is -1.98. The van der Waals surface area contributed by atoms with Gasteiger partial charge in [0.15, 0.2) is 0 Å². The molecule has 778 valence electrons. The van der Waals surface area contributed by atoms with Crippen LogP contribution in [0.3, 0.4) is 0 Å². The Hall–Kier alpha value is -3.53. The van der Waals surface area contributed by atoms with Crippen LogP contribution in [0.4, 0.5) is 11.4 Å². The minimum Gasteiger partial charge on any atom is -1.00 e. The number of nitrogens with one attached hydrogen (secondary N) is 5. The van der Waals surface area contributed by atoms with E-state index in [1.165, 1.54) is 18.2 Å². The number of esters is 7. The molecule has 0 radical (unpaired) electrons. The maximum atomic E-state index is 13.0. The van der Waals surface area contributed by atoms with Gasteiger partial charge < -0.3 is 106 Å². The molecule has 0 bridgehead atoms. The molecule has 3 saturated heterocycles. The largest absolute Gasteiger partial charge is 1.00 e. The fraction of sp³-hybridized carbons (Fsp3) is 0.769. The van der Waals surface area contributed by atoms with Crippen LogP contribution in [0, 0.1) is 20.2 Å². The predicted molar refractivity (Wildman–Crippen MR) is 521 cm³/mol. The van der Waals surface area contributed by atoms with Gasteiger partial charge in [-0.15, -0.1) is 17.0 Å². The number of rotatable bonds is 21. The zero-order valence-electron chi connectivity index (χ0n) is 88.1. The van der Waals surface area contributed by atoms with Crippen LogP contribution in [0.2, 0.25) is 0 Å². The number of halogens is 4. The molecule has 0 spiro atoms. The molecule has 0 aromatic heterocycles. The van der Waals surface area contributed by atoms with Crippen molar-refractivity contribution in [3.63, 3.8) is 0 Å². The number of hydrogen-bond donors (Lipinski definition) is 5. The molecule has 0 unspecified atom stereocenters. The summed E-state index contributed by atoms with van der Waals surface area (Å²) in [6.07, 6.45) is 0. The predicted octanol–water partition coefficient (Wildman–Crippen LogP) is -4.43. The SMILES string of the molecule is Br.C1CNCCNCCNCCN1.CC(=O)[O-].CC(C)(C)OC(=O)CBr.CC(C)(C)OC(=O)CN1CCN(CC(=O)OC(C)(C)C)CCN(Cc2cc([N+](=O)[O-])ccc2OC(C)(C)C)CCN(CC(=O)OC(C)(C)C)CC1.CC(C)(C)OC(=O)CN1CCNCCN(CC(=O)OC(C)(C)C)CCN(CC(=O)OC(C)(C)C)CC1.CC(C)(C)Oc1ccc([N+](=O)[O-])cc1CBr.O=CO[O-].[Br-].[Na+].[Na+].[Na+]. The summed E-state index contributed by atoms with van der Waals surface area (Å²) in [7, 11) is 0. The van der Waals surface area contributed by atoms with Gasteiger partial charge in [-0.25, -0.2) is 0 Å². The molecule has 0 atom stereocenters. The second-order valence-electron chi connectivity index (χ2n) is 40.3. The molecule has 3 aliphatic rings. The van der Waals surface area contributed by atoms with Gasteiger partial charge in [-0.1, -0.05) is 31.9 Å². The molecule has 5 rings (SSSR count). The second kappa shape index (κ2) is 75.2. The van der Waals surface area contributed by atoms with Crippen LogP contribution < -0.4 is 152 Å². The van der Waals surface area contributed by atoms with E-state index in [2.05, 4.69) is 68.2 Å². The number of benzene rings is 2. The van der Waals surface area contributed by atoms with Gasteiger partial charge in [-0.2, -0.15) is 0 Å². The fourth-order valence-electron chi connectivity index (χ4n) is 11.8. The number of alkyl halides is 2. The third-order valence-electron chi connectivity index (χ3n) is 16.6. The van der Waals surface area contributed by atoms with Gasteiger partial charge in [-0.05, 0) is 206 Å². The van der Waals surface area contributed by atoms with Gasteiger partial charge in [0, 0.05) is 210 Å². The van der Waals surface area contributed by atoms with Crippen LogP contribution in [0.15, 0.2) is 36.4 Å². The number of non-ortho nitro benzene ring substituents is 2. The Balaban J connectivity index is -0.000000337. The Labute approximate surface area is 920 Å². The maximum absolute atomic E-state index is 13.0. The number of carbonyl (C=O) groups excluding carboxylic acids is 9. The molecule has 3 heterocycles. The molecule has 5 N–H and O–H groups in total. The van der Waals surface area contributed by atoms with E-state index in [-0.39, 0.29) is 238 Å². The van der Waals surface area contributed by atoms with E-state index in [0.717, 1.165) is 64.8 Å². The van der Waals surface area contributed by atoms with E-state index >= 15 is 0 Å². The number of nitrogens with zero attached hydrogens (tertiary/aromatic N) is 9. The number of carbonyl (C=O) groups is 9. The molecule has 0 saturated carbocycles. The van der Waals surface area contributed by atoms with Gasteiger partial charge in [0.25, 0.3) is 17.8 Å².